The number of fused-ring (bicyclic) bond motifs is 3. The molecule has 0 radical (unpaired) electrons. The summed E-state index contributed by atoms with van der Waals surface area (Å²) in [5.74, 6) is -2.09. The summed E-state index contributed by atoms with van der Waals surface area (Å²) in [6, 6.07) is 58.2. The lowest BCUT2D eigenvalue weighted by molar-refractivity contribution is -0.164. The van der Waals surface area contributed by atoms with Gasteiger partial charge in [-0.25, -0.2) is 44.4 Å². The van der Waals surface area contributed by atoms with Gasteiger partial charge >= 0.3 is 23.9 Å². The molecule has 0 saturated carbocycles. The molecule has 0 unspecified atom stereocenters. The Morgan fingerprint density at radius 3 is 1.07 bits per heavy atom. The molecular formula is C108H128Br2N4O18S3. The lowest BCUT2D eigenvalue weighted by Gasteiger charge is -2.36. The number of hydrogen-bond acceptors (Lipinski definition) is 19. The Balaban J connectivity index is 0.000000204. The third-order valence-electron chi connectivity index (χ3n) is 22.8. The van der Waals surface area contributed by atoms with E-state index in [9.17, 15) is 44.4 Å². The average Bonchev–Trinajstić information content (AvgIpc) is 0.704. The molecule has 11 aromatic carbocycles. The third-order valence-corrected chi connectivity index (χ3v) is 29.8. The molecule has 720 valence electrons. The van der Waals surface area contributed by atoms with E-state index in [1.165, 1.54) is 55.7 Å². The number of esters is 4. The second kappa shape index (κ2) is 43.2. The van der Waals surface area contributed by atoms with Crippen molar-refractivity contribution in [3.63, 3.8) is 0 Å². The fourth-order valence-corrected chi connectivity index (χ4v) is 22.2. The Kier molecular flexibility index (Phi) is 34.5. The smallest absolute Gasteiger partial charge is 0.339 e. The van der Waals surface area contributed by atoms with Gasteiger partial charge in [-0.05, 0) is 336 Å². The van der Waals surface area contributed by atoms with Crippen LogP contribution in [-0.4, -0.2) is 114 Å². The van der Waals surface area contributed by atoms with Gasteiger partial charge in [0.2, 0.25) is 0 Å². The van der Waals surface area contributed by atoms with Crippen molar-refractivity contribution in [2.75, 3.05) is 61.6 Å². The van der Waals surface area contributed by atoms with E-state index in [0.717, 1.165) is 100 Å². The molecule has 0 amide bonds. The van der Waals surface area contributed by atoms with Crippen LogP contribution in [-0.2, 0) is 87.1 Å². The molecule has 0 spiro atoms. The molecule has 12 rings (SSSR count). The first-order chi connectivity index (χ1) is 62.8. The van der Waals surface area contributed by atoms with Gasteiger partial charge < -0.3 is 43.6 Å². The summed E-state index contributed by atoms with van der Waals surface area (Å²) in [7, 11) is -3.20. The van der Waals surface area contributed by atoms with Crippen molar-refractivity contribution >= 4 is 109 Å². The second-order valence-electron chi connectivity index (χ2n) is 37.6. The molecule has 1 aliphatic rings. The quantitative estimate of drug-likeness (QED) is 0.0362. The average molecular weight is 2030 g/mol. The number of carbonyl (C=O) groups excluding carboxylic acids is 4. The summed E-state index contributed by atoms with van der Waals surface area (Å²) >= 11 is 6.69. The summed E-state index contributed by atoms with van der Waals surface area (Å²) in [4.78, 5) is 52.5. The molecule has 1 aliphatic heterocycles. The van der Waals surface area contributed by atoms with Crippen LogP contribution in [0.3, 0.4) is 0 Å². The van der Waals surface area contributed by atoms with E-state index in [2.05, 4.69) is 60.8 Å². The number of aryl methyl sites for hydroxylation is 7. The maximum Gasteiger partial charge on any atom is 0.339 e. The van der Waals surface area contributed by atoms with Crippen LogP contribution < -0.4 is 19.1 Å². The lowest BCUT2D eigenvalue weighted by atomic mass is 9.82. The normalized spacial score (nSPS) is 13.4. The van der Waals surface area contributed by atoms with Crippen molar-refractivity contribution in [1.29, 1.82) is 0 Å². The maximum absolute atomic E-state index is 13.7. The fourth-order valence-electron chi connectivity index (χ4n) is 16.4. The second-order valence-corrected chi connectivity index (χ2v) is 44.9. The van der Waals surface area contributed by atoms with Crippen LogP contribution in [0.2, 0.25) is 0 Å². The Hall–Kier alpha value is -10.9. The van der Waals surface area contributed by atoms with Gasteiger partial charge in [-0.3, -0.25) is 13.3 Å². The number of benzene rings is 11. The van der Waals surface area contributed by atoms with Crippen molar-refractivity contribution in [2.24, 2.45) is 0 Å². The molecule has 4 atom stereocenters. The molecule has 1 heterocycles. The van der Waals surface area contributed by atoms with E-state index in [-0.39, 0.29) is 14.7 Å². The minimum atomic E-state index is -3.92. The number of nitrogens with one attached hydrogen (secondary N) is 1. The molecular weight excluding hydrogens is 1900 g/mol. The largest absolute Gasteiger partial charge is 0.467 e. The summed E-state index contributed by atoms with van der Waals surface area (Å²) in [6.45, 7) is 45.8. The van der Waals surface area contributed by atoms with Crippen LogP contribution in [0.5, 0.6) is 0 Å². The van der Waals surface area contributed by atoms with Gasteiger partial charge in [0, 0.05) is 62.1 Å². The van der Waals surface area contributed by atoms with Crippen LogP contribution in [0.4, 0.5) is 22.7 Å². The number of hydrogen-bond donors (Lipinski definition) is 2. The molecule has 135 heavy (non-hydrogen) atoms. The van der Waals surface area contributed by atoms with E-state index in [0.29, 0.717) is 70.6 Å². The first kappa shape index (κ1) is 108. The van der Waals surface area contributed by atoms with E-state index < -0.39 is 101 Å². The molecule has 0 aliphatic carbocycles. The summed E-state index contributed by atoms with van der Waals surface area (Å²) in [5.41, 5.74) is 27.5. The molecule has 22 nitrogen and oxygen atoms in total. The predicted octanol–water partition coefficient (Wildman–Crippen LogP) is 24.8. The molecule has 11 aromatic rings. The van der Waals surface area contributed by atoms with Gasteiger partial charge in [0.1, 0.15) is 9.79 Å². The van der Waals surface area contributed by atoms with Crippen molar-refractivity contribution in [2.45, 2.75) is 228 Å². The zero-order chi connectivity index (χ0) is 101. The molecule has 0 fully saturated rings. The lowest BCUT2D eigenvalue weighted by Crippen LogP contribution is -2.33. The highest BCUT2D eigenvalue weighted by Gasteiger charge is 2.43. The standard InChI is InChI=1S/C29H34BrNO5S.C29H33NO5S.C28H32BrNO5S.C22H29NO3/c1-18-13-15-21(16-14-18)25-19(2)17-23(31(7)37(33,34)24-12-10-9-11-22(24)30)20(3)26(25)27(28(32)35-8)36-29(4,5)6;1-17-13-15-20(16-14-17)23-18(2)24-21-11-9-10-12-22(21)36(32,33)30(7)26(24)19(3)25(23)27(28(31)34-8)35-29(4,5)6;1-17-12-14-20(15-13-17)24-18(2)16-22(30-36(32,33)23-11-9-8-10-21(23)29)19(3)25(24)26(27(31)34-7)35-28(4,5)6;1-13-8-10-16(11-9-13)18-14(2)12-17(23)15(3)19(18)20(21(24)25-7)26-22(4,5)6/h9-17,27H,1-8H3;9-16,27H,1-8H3;8-16,26,30H,1-7H3;8-12,20H,23H2,1-7H3/t2*27-;26-;20-/m0000/s1. The zero-order valence-electron chi connectivity index (χ0n) is 83.0. The fraction of sp³-hybridized carbons (Fsp3) is 0.352. The van der Waals surface area contributed by atoms with Crippen LogP contribution in [0.1, 0.15) is 197 Å². The first-order valence-corrected chi connectivity index (χ1v) is 50.0. The highest BCUT2D eigenvalue weighted by Crippen LogP contribution is 2.54. The van der Waals surface area contributed by atoms with Gasteiger partial charge in [-0.15, -0.1) is 0 Å². The van der Waals surface area contributed by atoms with Gasteiger partial charge in [0.15, 0.2) is 24.4 Å². The number of anilines is 4. The van der Waals surface area contributed by atoms with Crippen LogP contribution in [0, 0.1) is 83.1 Å². The number of nitrogens with zero attached hydrogens (tertiary/aromatic N) is 2. The number of methoxy groups -OCH3 is 4. The number of sulfonamides is 3. The maximum atomic E-state index is 13.7. The monoisotopic (exact) mass is 2020 g/mol. The molecule has 3 N–H and O–H groups in total. The number of halogens is 2. The highest BCUT2D eigenvalue weighted by atomic mass is 79.9. The molecule has 27 heteroatoms. The summed E-state index contributed by atoms with van der Waals surface area (Å²) in [6.07, 6.45) is -4.04. The SMILES string of the molecule is COC(=O)[C@@H](OC(C)(C)C)c1c(C)c(N(C)S(=O)(=O)c2ccccc2Br)cc(C)c1-c1ccc(C)cc1.COC(=O)[C@@H](OC(C)(C)C)c1c(C)c(N)cc(C)c1-c1ccc(C)cc1.COC(=O)[C@@H](OC(C)(C)C)c1c(C)c(NS(=O)(=O)c2ccccc2Br)cc(C)c1-c1ccc(C)cc1.COC(=O)[C@@H](OC(C)(C)C)c1c(C)c2c(c(C)c1-c1ccc(C)cc1)-c1ccccc1S(=O)(=O)N2C. The van der Waals surface area contributed by atoms with Crippen molar-refractivity contribution in [3.8, 4) is 55.6 Å². The van der Waals surface area contributed by atoms with E-state index in [1.807, 2.05) is 256 Å². The highest BCUT2D eigenvalue weighted by molar-refractivity contribution is 9.10. The van der Waals surface area contributed by atoms with E-state index in [4.69, 9.17) is 43.6 Å². The summed E-state index contributed by atoms with van der Waals surface area (Å²) in [5, 5.41) is 0. The number of ether oxygens (including phenoxy) is 8. The Bertz CT molecular complexity index is 6610. The number of rotatable bonds is 22. The first-order valence-electron chi connectivity index (χ1n) is 44.0. The minimum Gasteiger partial charge on any atom is -0.467 e. The predicted molar refractivity (Wildman–Crippen MR) is 547 cm³/mol. The Morgan fingerprint density at radius 2 is 0.704 bits per heavy atom. The van der Waals surface area contributed by atoms with Crippen LogP contribution in [0.15, 0.2) is 212 Å². The molecule has 0 bridgehead atoms. The Morgan fingerprint density at radius 1 is 0.393 bits per heavy atom. The number of carbonyl (C=O) groups is 4. The minimum absolute atomic E-state index is 0.113. The van der Waals surface area contributed by atoms with E-state index in [1.54, 1.807) is 74.6 Å². The third kappa shape index (κ3) is 25.0. The van der Waals surface area contributed by atoms with E-state index >= 15 is 0 Å². The van der Waals surface area contributed by atoms with Gasteiger partial charge in [-0.2, -0.15) is 0 Å². The van der Waals surface area contributed by atoms with Gasteiger partial charge in [0.25, 0.3) is 30.1 Å². The van der Waals surface area contributed by atoms with Crippen molar-refractivity contribution < 1.29 is 82.3 Å². The Labute approximate surface area is 815 Å². The van der Waals surface area contributed by atoms with Gasteiger partial charge in [0.05, 0.1) is 72.8 Å². The van der Waals surface area contributed by atoms with Crippen LogP contribution >= 0.6 is 31.9 Å². The summed E-state index contributed by atoms with van der Waals surface area (Å²) < 4.78 is 133. The number of nitrogens with two attached hydrogens (primary N) is 1. The van der Waals surface area contributed by atoms with Crippen LogP contribution in [0.25, 0.3) is 55.6 Å². The van der Waals surface area contributed by atoms with Gasteiger partial charge in [-0.1, -0.05) is 162 Å². The van der Waals surface area contributed by atoms with Crippen molar-refractivity contribution in [3.05, 3.63) is 286 Å². The molecule has 0 saturated heterocycles. The zero-order valence-corrected chi connectivity index (χ0v) is 88.6. The topological polar surface area (TPSA) is 289 Å². The van der Waals surface area contributed by atoms with Crippen molar-refractivity contribution in [1.82, 2.24) is 0 Å². The number of nitrogen functional groups attached to an aromatic ring is 1. The molecule has 0 aromatic heterocycles.